The topological polar surface area (TPSA) is 86.8 Å². The fourth-order valence-corrected chi connectivity index (χ4v) is 5.15. The van der Waals surface area contributed by atoms with E-state index in [9.17, 15) is 18.0 Å². The van der Waals surface area contributed by atoms with E-state index in [-0.39, 0.29) is 24.8 Å². The Kier molecular flexibility index (Phi) is 11.4. The molecule has 198 valence electrons. The first kappa shape index (κ1) is 29.8. The predicted molar refractivity (Wildman–Crippen MR) is 149 cm³/mol. The number of aryl methyl sites for hydroxylation is 2. The molecule has 0 fully saturated rings. The van der Waals surface area contributed by atoms with Gasteiger partial charge in [-0.3, -0.25) is 13.9 Å². The number of carbonyl (C=O) groups is 2. The lowest BCUT2D eigenvalue weighted by molar-refractivity contribution is -0.140. The minimum absolute atomic E-state index is 0.125. The molecule has 7 nitrogen and oxygen atoms in total. The van der Waals surface area contributed by atoms with Gasteiger partial charge in [0.1, 0.15) is 6.04 Å². The van der Waals surface area contributed by atoms with Crippen molar-refractivity contribution in [3.05, 3.63) is 63.6 Å². The summed E-state index contributed by atoms with van der Waals surface area (Å²) in [5.74, 6) is -0.382. The lowest BCUT2D eigenvalue weighted by Gasteiger charge is -2.29. The van der Waals surface area contributed by atoms with Crippen LogP contribution in [0.5, 0.6) is 0 Å². The van der Waals surface area contributed by atoms with Gasteiger partial charge >= 0.3 is 0 Å². The molecule has 0 spiro atoms. The first-order chi connectivity index (χ1) is 16.9. The maximum atomic E-state index is 13.3. The zero-order valence-corrected chi connectivity index (χ0v) is 24.3. The fraction of sp³-hybridized carbons (Fsp3) is 0.481. The minimum Gasteiger partial charge on any atom is -0.354 e. The summed E-state index contributed by atoms with van der Waals surface area (Å²) in [5.41, 5.74) is 3.35. The third kappa shape index (κ3) is 8.92. The van der Waals surface area contributed by atoms with Crippen LogP contribution < -0.4 is 9.62 Å². The minimum atomic E-state index is -3.53. The number of benzene rings is 2. The van der Waals surface area contributed by atoms with Crippen LogP contribution >= 0.6 is 15.9 Å². The standard InChI is InChI=1S/C27H38BrN3O4S/c1-6-7-16-29-27(33)22(4)30(19-23-12-14-24(28)15-13-23)26(32)9-8-17-31(36(5,34)35)25-18-20(2)10-11-21(25)3/h10-15,18,22H,6-9,16-17,19H2,1-5H3,(H,29,33)/t22-/m1/s1. The Balaban J connectivity index is 2.17. The van der Waals surface area contributed by atoms with Gasteiger partial charge in [-0.25, -0.2) is 8.42 Å². The van der Waals surface area contributed by atoms with E-state index in [0.29, 0.717) is 25.2 Å². The number of sulfonamides is 1. The number of halogens is 1. The third-order valence-electron chi connectivity index (χ3n) is 6.05. The number of nitrogens with one attached hydrogen (secondary N) is 1. The number of amides is 2. The van der Waals surface area contributed by atoms with Gasteiger partial charge < -0.3 is 10.2 Å². The van der Waals surface area contributed by atoms with Crippen LogP contribution in [0.1, 0.15) is 56.2 Å². The van der Waals surface area contributed by atoms with Gasteiger partial charge in [0.25, 0.3) is 0 Å². The van der Waals surface area contributed by atoms with Gasteiger partial charge in [-0.2, -0.15) is 0 Å². The average Bonchev–Trinajstić information content (AvgIpc) is 2.82. The summed E-state index contributed by atoms with van der Waals surface area (Å²) in [6, 6.07) is 12.7. The molecule has 0 aliphatic rings. The summed E-state index contributed by atoms with van der Waals surface area (Å²) in [7, 11) is -3.53. The van der Waals surface area contributed by atoms with E-state index in [0.717, 1.165) is 34.0 Å². The van der Waals surface area contributed by atoms with Crippen molar-refractivity contribution in [1.82, 2.24) is 10.2 Å². The molecule has 0 saturated carbocycles. The molecule has 0 bridgehead atoms. The average molecular weight is 581 g/mol. The van der Waals surface area contributed by atoms with Gasteiger partial charge in [-0.05, 0) is 68.5 Å². The quantitative estimate of drug-likeness (QED) is 0.340. The van der Waals surface area contributed by atoms with E-state index < -0.39 is 16.1 Å². The lowest BCUT2D eigenvalue weighted by atomic mass is 10.1. The number of hydrogen-bond acceptors (Lipinski definition) is 4. The number of carbonyl (C=O) groups excluding carboxylic acids is 2. The van der Waals surface area contributed by atoms with E-state index >= 15 is 0 Å². The van der Waals surface area contributed by atoms with Gasteiger partial charge in [0.05, 0.1) is 11.9 Å². The van der Waals surface area contributed by atoms with Crippen molar-refractivity contribution in [3.8, 4) is 0 Å². The maximum Gasteiger partial charge on any atom is 0.242 e. The molecule has 2 aromatic carbocycles. The van der Waals surface area contributed by atoms with E-state index in [1.165, 1.54) is 10.6 Å². The highest BCUT2D eigenvalue weighted by Crippen LogP contribution is 2.25. The highest BCUT2D eigenvalue weighted by molar-refractivity contribution is 9.10. The normalized spacial score (nSPS) is 12.2. The smallest absolute Gasteiger partial charge is 0.242 e. The highest BCUT2D eigenvalue weighted by Gasteiger charge is 2.26. The van der Waals surface area contributed by atoms with Crippen molar-refractivity contribution in [1.29, 1.82) is 0 Å². The molecule has 1 atom stereocenters. The molecule has 9 heteroatoms. The van der Waals surface area contributed by atoms with Crippen LogP contribution in [0.4, 0.5) is 5.69 Å². The zero-order chi connectivity index (χ0) is 26.9. The van der Waals surface area contributed by atoms with Crippen molar-refractivity contribution < 1.29 is 18.0 Å². The Hall–Kier alpha value is -2.39. The molecule has 0 radical (unpaired) electrons. The van der Waals surface area contributed by atoms with E-state index in [1.54, 1.807) is 11.8 Å². The summed E-state index contributed by atoms with van der Waals surface area (Å²) in [4.78, 5) is 27.7. The maximum absolute atomic E-state index is 13.3. The molecular formula is C27H38BrN3O4S. The largest absolute Gasteiger partial charge is 0.354 e. The summed E-state index contributed by atoms with van der Waals surface area (Å²) >= 11 is 3.42. The Morgan fingerprint density at radius 1 is 1.06 bits per heavy atom. The van der Waals surface area contributed by atoms with Crippen LogP contribution in [0.15, 0.2) is 46.9 Å². The van der Waals surface area contributed by atoms with Gasteiger partial charge in [-0.15, -0.1) is 0 Å². The zero-order valence-electron chi connectivity index (χ0n) is 21.9. The van der Waals surface area contributed by atoms with Gasteiger partial charge in [0, 0.05) is 30.5 Å². The second kappa shape index (κ2) is 13.8. The van der Waals surface area contributed by atoms with Crippen molar-refractivity contribution in [2.75, 3.05) is 23.7 Å². The van der Waals surface area contributed by atoms with Crippen LogP contribution in [0.25, 0.3) is 0 Å². The van der Waals surface area contributed by atoms with Crippen LogP contribution in [-0.2, 0) is 26.2 Å². The molecule has 0 saturated heterocycles. The molecule has 1 N–H and O–H groups in total. The van der Waals surface area contributed by atoms with Crippen molar-refractivity contribution in [3.63, 3.8) is 0 Å². The van der Waals surface area contributed by atoms with Crippen LogP contribution in [-0.4, -0.2) is 50.5 Å². The van der Waals surface area contributed by atoms with Crippen LogP contribution in [0.2, 0.25) is 0 Å². The first-order valence-corrected chi connectivity index (χ1v) is 14.9. The number of rotatable bonds is 13. The number of nitrogens with zero attached hydrogens (tertiary/aromatic N) is 2. The van der Waals surface area contributed by atoms with E-state index in [1.807, 2.05) is 56.3 Å². The molecule has 0 heterocycles. The molecule has 0 aliphatic carbocycles. The Morgan fingerprint density at radius 3 is 2.33 bits per heavy atom. The summed E-state index contributed by atoms with van der Waals surface area (Å²) < 4.78 is 27.4. The summed E-state index contributed by atoms with van der Waals surface area (Å²) in [5, 5.41) is 2.91. The van der Waals surface area contributed by atoms with E-state index in [2.05, 4.69) is 28.2 Å². The molecule has 36 heavy (non-hydrogen) atoms. The third-order valence-corrected chi connectivity index (χ3v) is 7.76. The Morgan fingerprint density at radius 2 is 1.72 bits per heavy atom. The monoisotopic (exact) mass is 579 g/mol. The number of unbranched alkanes of at least 4 members (excludes halogenated alkanes) is 1. The molecule has 0 aliphatic heterocycles. The number of hydrogen-bond donors (Lipinski definition) is 1. The highest BCUT2D eigenvalue weighted by atomic mass is 79.9. The van der Waals surface area contributed by atoms with Crippen molar-refractivity contribution in [2.45, 2.75) is 66.0 Å². The van der Waals surface area contributed by atoms with Crippen molar-refractivity contribution >= 4 is 43.5 Å². The van der Waals surface area contributed by atoms with E-state index in [4.69, 9.17) is 0 Å². The molecule has 2 rings (SSSR count). The Labute approximate surface area is 224 Å². The predicted octanol–water partition coefficient (Wildman–Crippen LogP) is 4.95. The number of anilines is 1. The van der Waals surface area contributed by atoms with Gasteiger partial charge in [0.15, 0.2) is 0 Å². The second-order valence-electron chi connectivity index (χ2n) is 9.20. The molecule has 2 amide bonds. The summed E-state index contributed by atoms with van der Waals surface area (Å²) in [6.07, 6.45) is 3.48. The van der Waals surface area contributed by atoms with Crippen LogP contribution in [0, 0.1) is 13.8 Å². The van der Waals surface area contributed by atoms with Crippen molar-refractivity contribution in [2.24, 2.45) is 0 Å². The van der Waals surface area contributed by atoms with Gasteiger partial charge in [-0.1, -0.05) is 53.5 Å². The fourth-order valence-electron chi connectivity index (χ4n) is 3.88. The lowest BCUT2D eigenvalue weighted by Crippen LogP contribution is -2.48. The van der Waals surface area contributed by atoms with Gasteiger partial charge in [0.2, 0.25) is 21.8 Å². The molecular weight excluding hydrogens is 542 g/mol. The molecule has 2 aromatic rings. The Bertz CT molecular complexity index is 1140. The summed E-state index contributed by atoms with van der Waals surface area (Å²) in [6.45, 7) is 8.61. The van der Waals surface area contributed by atoms with Crippen LogP contribution in [0.3, 0.4) is 0 Å². The molecule has 0 aromatic heterocycles. The first-order valence-electron chi connectivity index (χ1n) is 12.3. The SMILES string of the molecule is CCCCNC(=O)[C@@H](C)N(Cc1ccc(Br)cc1)C(=O)CCCN(c1cc(C)ccc1C)S(C)(=O)=O. The second-order valence-corrected chi connectivity index (χ2v) is 12.0. The molecule has 0 unspecified atom stereocenters.